The monoisotopic (exact) mass is 372 g/mol. The van der Waals surface area contributed by atoms with E-state index in [1.807, 2.05) is 0 Å². The van der Waals surface area contributed by atoms with Crippen molar-refractivity contribution in [1.82, 2.24) is 0 Å². The summed E-state index contributed by atoms with van der Waals surface area (Å²) in [7, 11) is -6.38. The summed E-state index contributed by atoms with van der Waals surface area (Å²) in [6.07, 6.45) is 0.967. The van der Waals surface area contributed by atoms with Crippen molar-refractivity contribution in [2.45, 2.75) is 11.8 Å². The zero-order chi connectivity index (χ0) is 18.1. The normalized spacial score (nSPS) is 12.0. The Kier molecular flexibility index (Phi) is 4.86. The predicted octanol–water partition coefficient (Wildman–Crippen LogP) is 2.33. The van der Waals surface area contributed by atoms with E-state index >= 15 is 0 Å². The largest absolute Gasteiger partial charge is 0.277 e. The molecule has 0 heterocycles. The lowest BCUT2D eigenvalue weighted by molar-refractivity contribution is 0.597. The van der Waals surface area contributed by atoms with Gasteiger partial charge >= 0.3 is 0 Å². The van der Waals surface area contributed by atoms with E-state index in [0.29, 0.717) is 0 Å². The fourth-order valence-corrected chi connectivity index (χ4v) is 3.72. The lowest BCUT2D eigenvalue weighted by Crippen LogP contribution is -2.26. The molecule has 0 aliphatic heterocycles. The molecular formula is C15H17FN2O4S2. The second-order valence-electron chi connectivity index (χ2n) is 5.31. The highest BCUT2D eigenvalue weighted by molar-refractivity contribution is 7.93. The number of hydrogen-bond acceptors (Lipinski definition) is 4. The van der Waals surface area contributed by atoms with Gasteiger partial charge < -0.3 is 0 Å². The minimum atomic E-state index is -3.99. The molecule has 0 aliphatic rings. The van der Waals surface area contributed by atoms with Crippen molar-refractivity contribution in [3.63, 3.8) is 0 Å². The molecule has 0 unspecified atom stereocenters. The summed E-state index contributed by atoms with van der Waals surface area (Å²) in [5.74, 6) is -0.692. The minimum absolute atomic E-state index is 0.000259. The quantitative estimate of drug-likeness (QED) is 0.873. The van der Waals surface area contributed by atoms with Gasteiger partial charge in [0.15, 0.2) is 0 Å². The van der Waals surface area contributed by atoms with Crippen molar-refractivity contribution < 1.29 is 21.2 Å². The van der Waals surface area contributed by atoms with Crippen molar-refractivity contribution >= 4 is 31.4 Å². The van der Waals surface area contributed by atoms with Crippen LogP contribution in [0.1, 0.15) is 5.56 Å². The molecule has 1 N–H and O–H groups in total. The Hall–Kier alpha value is -2.13. The second-order valence-corrected chi connectivity index (χ2v) is 9.01. The smallest absolute Gasteiger partial charge is 0.261 e. The Morgan fingerprint density at radius 3 is 2.29 bits per heavy atom. The molecule has 130 valence electrons. The molecule has 0 aromatic heterocycles. The van der Waals surface area contributed by atoms with Crippen LogP contribution < -0.4 is 9.03 Å². The average molecular weight is 372 g/mol. The van der Waals surface area contributed by atoms with E-state index in [1.165, 1.54) is 25.2 Å². The van der Waals surface area contributed by atoms with Crippen LogP contribution in [-0.2, 0) is 20.0 Å². The molecule has 2 aromatic rings. The van der Waals surface area contributed by atoms with Gasteiger partial charge in [0, 0.05) is 13.1 Å². The molecule has 2 rings (SSSR count). The van der Waals surface area contributed by atoms with Crippen molar-refractivity contribution in [1.29, 1.82) is 0 Å². The highest BCUT2D eigenvalue weighted by atomic mass is 32.2. The summed E-state index contributed by atoms with van der Waals surface area (Å²) in [4.78, 5) is -0.000259. The zero-order valence-electron chi connectivity index (χ0n) is 13.3. The third-order valence-corrected chi connectivity index (χ3v) is 5.89. The number of nitrogens with one attached hydrogen (secondary N) is 1. The van der Waals surface area contributed by atoms with Crippen LogP contribution in [0, 0.1) is 12.7 Å². The van der Waals surface area contributed by atoms with Crippen LogP contribution >= 0.6 is 0 Å². The molecule has 0 saturated carbocycles. The Balaban J connectivity index is 2.51. The average Bonchev–Trinajstić information content (AvgIpc) is 2.45. The van der Waals surface area contributed by atoms with Gasteiger partial charge in [0.25, 0.3) is 10.0 Å². The summed E-state index contributed by atoms with van der Waals surface area (Å²) in [5.41, 5.74) is 0.602. The molecule has 9 heteroatoms. The highest BCUT2D eigenvalue weighted by Crippen LogP contribution is 2.29. The lowest BCUT2D eigenvalue weighted by Gasteiger charge is -2.21. The second kappa shape index (κ2) is 6.40. The van der Waals surface area contributed by atoms with E-state index < -0.39 is 25.9 Å². The van der Waals surface area contributed by atoms with E-state index in [1.54, 1.807) is 19.1 Å². The lowest BCUT2D eigenvalue weighted by atomic mass is 10.2. The van der Waals surface area contributed by atoms with Crippen LogP contribution in [0.2, 0.25) is 0 Å². The summed E-state index contributed by atoms with van der Waals surface area (Å²) in [5, 5.41) is 0. The maximum atomic E-state index is 13.5. The maximum Gasteiger partial charge on any atom is 0.261 e. The van der Waals surface area contributed by atoms with Gasteiger partial charge in [-0.3, -0.25) is 9.03 Å². The molecule has 0 radical (unpaired) electrons. The number of benzene rings is 2. The summed E-state index contributed by atoms with van der Waals surface area (Å²) < 4.78 is 65.1. The van der Waals surface area contributed by atoms with Crippen LogP contribution in [0.15, 0.2) is 47.4 Å². The first kappa shape index (κ1) is 18.2. The third kappa shape index (κ3) is 4.04. The molecule has 0 fully saturated rings. The predicted molar refractivity (Wildman–Crippen MR) is 91.6 cm³/mol. The zero-order valence-corrected chi connectivity index (χ0v) is 14.9. The first-order valence-electron chi connectivity index (χ1n) is 6.83. The molecular weight excluding hydrogens is 355 g/mol. The maximum absolute atomic E-state index is 13.5. The Morgan fingerprint density at radius 2 is 1.71 bits per heavy atom. The number of aryl methyl sites for hydroxylation is 1. The molecule has 6 nitrogen and oxygen atoms in total. The van der Waals surface area contributed by atoms with Gasteiger partial charge in [-0.15, -0.1) is 0 Å². The highest BCUT2D eigenvalue weighted by Gasteiger charge is 2.21. The van der Waals surface area contributed by atoms with Crippen LogP contribution in [0.25, 0.3) is 0 Å². The third-order valence-electron chi connectivity index (χ3n) is 3.34. The van der Waals surface area contributed by atoms with E-state index in [2.05, 4.69) is 4.72 Å². The fraction of sp³-hybridized carbons (Fsp3) is 0.200. The van der Waals surface area contributed by atoms with Gasteiger partial charge in [0.1, 0.15) is 5.82 Å². The van der Waals surface area contributed by atoms with E-state index in [9.17, 15) is 21.2 Å². The molecule has 0 bridgehead atoms. The Morgan fingerprint density at radius 1 is 1.04 bits per heavy atom. The molecule has 0 saturated heterocycles. The molecule has 0 spiro atoms. The summed E-state index contributed by atoms with van der Waals surface area (Å²) >= 11 is 0. The van der Waals surface area contributed by atoms with Crippen molar-refractivity contribution in [2.24, 2.45) is 0 Å². The van der Waals surface area contributed by atoms with Crippen molar-refractivity contribution in [3.8, 4) is 0 Å². The molecule has 2 aromatic carbocycles. The number of anilines is 2. The van der Waals surface area contributed by atoms with Crippen LogP contribution in [0.4, 0.5) is 15.8 Å². The van der Waals surface area contributed by atoms with Crippen molar-refractivity contribution in [2.75, 3.05) is 22.3 Å². The minimum Gasteiger partial charge on any atom is -0.277 e. The molecule has 24 heavy (non-hydrogen) atoms. The summed E-state index contributed by atoms with van der Waals surface area (Å²) in [6.45, 7) is 1.74. The molecule has 0 aliphatic carbocycles. The number of sulfonamides is 2. The Bertz CT molecular complexity index is 973. The molecule has 0 amide bonds. The fourth-order valence-electron chi connectivity index (χ4n) is 2.03. The van der Waals surface area contributed by atoms with Crippen LogP contribution in [-0.4, -0.2) is 30.1 Å². The first-order valence-corrected chi connectivity index (χ1v) is 10.2. The van der Waals surface area contributed by atoms with Gasteiger partial charge in [0.2, 0.25) is 10.0 Å². The number of nitrogens with zero attached hydrogens (tertiary/aromatic N) is 1. The van der Waals surface area contributed by atoms with E-state index in [-0.39, 0.29) is 16.3 Å². The summed E-state index contributed by atoms with van der Waals surface area (Å²) in [6, 6.07) is 9.37. The first-order chi connectivity index (χ1) is 11.0. The van der Waals surface area contributed by atoms with Gasteiger partial charge in [-0.25, -0.2) is 21.2 Å². The Labute approximate surface area is 141 Å². The van der Waals surface area contributed by atoms with Gasteiger partial charge in [-0.1, -0.05) is 12.1 Å². The number of hydrogen-bond donors (Lipinski definition) is 1. The molecule has 0 atom stereocenters. The topological polar surface area (TPSA) is 83.6 Å². The van der Waals surface area contributed by atoms with Crippen LogP contribution in [0.5, 0.6) is 0 Å². The van der Waals surface area contributed by atoms with Gasteiger partial charge in [0.05, 0.1) is 22.5 Å². The SMILES string of the molecule is Cc1cccc(S(=O)(=O)Nc2cc(F)ccc2N(C)S(C)(=O)=O)c1. The van der Waals surface area contributed by atoms with Crippen molar-refractivity contribution in [3.05, 3.63) is 53.8 Å². The van der Waals surface area contributed by atoms with Gasteiger partial charge in [-0.05, 0) is 36.8 Å². The number of halogens is 1. The number of rotatable bonds is 5. The van der Waals surface area contributed by atoms with Crippen LogP contribution in [0.3, 0.4) is 0 Å². The van der Waals surface area contributed by atoms with E-state index in [4.69, 9.17) is 0 Å². The standard InChI is InChI=1S/C15H17FN2O4S2/c1-11-5-4-6-13(9-11)24(21,22)17-14-10-12(16)7-8-15(14)18(2)23(3,19)20/h4-10,17H,1-3H3. The van der Waals surface area contributed by atoms with E-state index in [0.717, 1.165) is 28.3 Å². The van der Waals surface area contributed by atoms with Gasteiger partial charge in [-0.2, -0.15) is 0 Å².